The highest BCUT2D eigenvalue weighted by molar-refractivity contribution is 14.1. The van der Waals surface area contributed by atoms with Crippen molar-refractivity contribution in [2.75, 3.05) is 13.1 Å². The van der Waals surface area contributed by atoms with Gasteiger partial charge in [0.05, 0.1) is 16.0 Å². The highest BCUT2D eigenvalue weighted by Crippen LogP contribution is 2.42. The summed E-state index contributed by atoms with van der Waals surface area (Å²) in [5.41, 5.74) is 6.16. The van der Waals surface area contributed by atoms with E-state index in [0.29, 0.717) is 6.04 Å². The molecule has 1 aromatic heterocycles. The van der Waals surface area contributed by atoms with E-state index < -0.39 is 0 Å². The highest BCUT2D eigenvalue weighted by Gasteiger charge is 2.33. The topological polar surface area (TPSA) is 51.3 Å². The van der Waals surface area contributed by atoms with E-state index in [1.54, 1.807) is 6.07 Å². The van der Waals surface area contributed by atoms with Crippen LogP contribution in [0.25, 0.3) is 16.5 Å². The van der Waals surface area contributed by atoms with Crippen molar-refractivity contribution in [3.63, 3.8) is 0 Å². The van der Waals surface area contributed by atoms with Gasteiger partial charge in [0.2, 0.25) is 0 Å². The molecule has 0 bridgehead atoms. The molecule has 29 heavy (non-hydrogen) atoms. The van der Waals surface area contributed by atoms with Gasteiger partial charge in [-0.3, -0.25) is 0 Å². The molecule has 3 N–H and O–H groups in total. The van der Waals surface area contributed by atoms with Crippen molar-refractivity contribution in [3.8, 4) is 5.75 Å². The number of H-pyrrole nitrogens is 1. The summed E-state index contributed by atoms with van der Waals surface area (Å²) in [6.07, 6.45) is 5.36. The number of fused-ring (bicyclic) bond motifs is 2. The number of rotatable bonds is 2. The standard InChI is InChI=1S/C21H17Br3IN3O/c22-11-2-4-12-10(5-11)1-3-13(12)17-8-26-16(9-28(17)25)14-7-27-21-19(14)18(29)6-15(23)20(21)24/h2-7,16-17,26-27,29H,1,8-9H2/t16-,17+/m1/s1. The lowest BCUT2D eigenvalue weighted by Crippen LogP contribution is -2.48. The van der Waals surface area contributed by atoms with Gasteiger partial charge in [-0.1, -0.05) is 28.1 Å². The van der Waals surface area contributed by atoms with E-state index in [4.69, 9.17) is 0 Å². The highest BCUT2D eigenvalue weighted by atomic mass is 127. The number of piperazine rings is 1. The third-order valence-electron chi connectivity index (χ3n) is 5.77. The van der Waals surface area contributed by atoms with Crippen molar-refractivity contribution >= 4 is 87.1 Å². The molecule has 3 aromatic rings. The quantitative estimate of drug-likeness (QED) is 0.213. The monoisotopic (exact) mass is 691 g/mol. The molecule has 2 atom stereocenters. The maximum atomic E-state index is 10.6. The molecule has 150 valence electrons. The Labute approximate surface area is 208 Å². The molecule has 2 aliphatic rings. The normalized spacial score (nSPS) is 22.1. The summed E-state index contributed by atoms with van der Waals surface area (Å²) in [7, 11) is 0. The largest absolute Gasteiger partial charge is 0.507 e. The van der Waals surface area contributed by atoms with Crippen molar-refractivity contribution in [2.45, 2.75) is 18.5 Å². The molecule has 0 saturated carbocycles. The summed E-state index contributed by atoms with van der Waals surface area (Å²) in [5.74, 6) is 0.285. The number of benzene rings is 2. The zero-order valence-electron chi connectivity index (χ0n) is 15.1. The number of aromatic amines is 1. The Morgan fingerprint density at radius 1 is 1.17 bits per heavy atom. The number of hydrogen-bond donors (Lipinski definition) is 3. The maximum absolute atomic E-state index is 10.6. The van der Waals surface area contributed by atoms with Gasteiger partial charge in [0, 0.05) is 62.5 Å². The molecule has 1 aliphatic carbocycles. The van der Waals surface area contributed by atoms with E-state index in [0.717, 1.165) is 49.4 Å². The molecule has 0 amide bonds. The summed E-state index contributed by atoms with van der Waals surface area (Å²) in [6.45, 7) is 1.72. The van der Waals surface area contributed by atoms with Gasteiger partial charge in [0.15, 0.2) is 0 Å². The number of allylic oxidation sites excluding steroid dienone is 1. The molecule has 4 nitrogen and oxygen atoms in total. The van der Waals surface area contributed by atoms with Crippen molar-refractivity contribution in [3.05, 3.63) is 66.6 Å². The van der Waals surface area contributed by atoms with Crippen LogP contribution in [-0.2, 0) is 6.42 Å². The number of halogens is 4. The molecular formula is C21H17Br3IN3O. The molecular weight excluding hydrogens is 677 g/mol. The molecule has 1 saturated heterocycles. The average molecular weight is 694 g/mol. The fourth-order valence-corrected chi connectivity index (χ4v) is 6.53. The first-order valence-electron chi connectivity index (χ1n) is 9.26. The number of nitrogens with zero attached hydrogens (tertiary/aromatic N) is 1. The van der Waals surface area contributed by atoms with Crippen molar-refractivity contribution in [1.82, 2.24) is 13.4 Å². The van der Waals surface area contributed by atoms with Gasteiger partial charge in [0.25, 0.3) is 0 Å². The van der Waals surface area contributed by atoms with E-state index in [1.165, 1.54) is 16.7 Å². The number of nitrogens with one attached hydrogen (secondary N) is 2. The molecule has 2 heterocycles. The van der Waals surface area contributed by atoms with Crippen LogP contribution in [0.2, 0.25) is 0 Å². The number of hydrogen-bond acceptors (Lipinski definition) is 3. The Bertz CT molecular complexity index is 1160. The third kappa shape index (κ3) is 3.53. The zero-order chi connectivity index (χ0) is 20.3. The Morgan fingerprint density at radius 3 is 2.79 bits per heavy atom. The van der Waals surface area contributed by atoms with Crippen LogP contribution in [0.5, 0.6) is 5.75 Å². The Kier molecular flexibility index (Phi) is 5.62. The number of aromatic hydroxyl groups is 1. The van der Waals surface area contributed by atoms with Crippen molar-refractivity contribution in [1.29, 1.82) is 0 Å². The van der Waals surface area contributed by atoms with Crippen LogP contribution in [0.15, 0.2) is 50.0 Å². The van der Waals surface area contributed by atoms with Crippen molar-refractivity contribution in [2.24, 2.45) is 0 Å². The van der Waals surface area contributed by atoms with Crippen LogP contribution in [0.4, 0.5) is 0 Å². The fourth-order valence-electron chi connectivity index (χ4n) is 4.38. The molecule has 5 rings (SSSR count). The number of phenols is 1. The molecule has 0 unspecified atom stereocenters. The fraction of sp³-hybridized carbons (Fsp3) is 0.238. The second kappa shape index (κ2) is 7.94. The van der Waals surface area contributed by atoms with Gasteiger partial charge in [-0.25, -0.2) is 3.11 Å². The second-order valence-electron chi connectivity index (χ2n) is 7.41. The van der Waals surface area contributed by atoms with Crippen molar-refractivity contribution < 1.29 is 5.11 Å². The predicted molar refractivity (Wildman–Crippen MR) is 136 cm³/mol. The van der Waals surface area contributed by atoms with E-state index in [-0.39, 0.29) is 11.8 Å². The first-order valence-corrected chi connectivity index (χ1v) is 12.6. The molecule has 1 aliphatic heterocycles. The third-order valence-corrected chi connectivity index (χ3v) is 9.31. The van der Waals surface area contributed by atoms with Crippen LogP contribution in [-0.4, -0.2) is 32.3 Å². The number of aromatic nitrogens is 1. The minimum Gasteiger partial charge on any atom is -0.507 e. The lowest BCUT2D eigenvalue weighted by molar-refractivity contribution is 0.305. The number of phenolic OH excluding ortho intramolecular Hbond substituents is 1. The molecule has 1 fully saturated rings. The second-order valence-corrected chi connectivity index (χ2v) is 11.2. The van der Waals surface area contributed by atoms with E-state index in [2.05, 4.69) is 108 Å². The molecule has 0 spiro atoms. The minimum absolute atomic E-state index is 0.141. The van der Waals surface area contributed by atoms with Gasteiger partial charge in [-0.2, -0.15) is 0 Å². The Balaban J connectivity index is 1.42. The van der Waals surface area contributed by atoms with Crippen LogP contribution in [0, 0.1) is 0 Å². The first-order chi connectivity index (χ1) is 13.9. The van der Waals surface area contributed by atoms with Crippen LogP contribution in [0.3, 0.4) is 0 Å². The maximum Gasteiger partial charge on any atom is 0.126 e. The first kappa shape index (κ1) is 20.5. The predicted octanol–water partition coefficient (Wildman–Crippen LogP) is 6.47. The SMILES string of the molecule is Oc1cc(Br)c(Br)c2[nH]cc([C@H]3CN(I)[C@H](C4=CCc5cc(Br)ccc54)CN3)c12. The lowest BCUT2D eigenvalue weighted by Gasteiger charge is -2.37. The summed E-state index contributed by atoms with van der Waals surface area (Å²) in [6, 6.07) is 8.79. The minimum atomic E-state index is 0.141. The zero-order valence-corrected chi connectivity index (χ0v) is 22.1. The summed E-state index contributed by atoms with van der Waals surface area (Å²) in [5, 5.41) is 15.2. The van der Waals surface area contributed by atoms with Gasteiger partial charge in [0.1, 0.15) is 5.75 Å². The van der Waals surface area contributed by atoms with Crippen LogP contribution < -0.4 is 5.32 Å². The van der Waals surface area contributed by atoms with Crippen LogP contribution >= 0.6 is 70.7 Å². The Hall–Kier alpha value is -0.390. The lowest BCUT2D eigenvalue weighted by atomic mass is 9.96. The molecule has 2 aromatic carbocycles. The summed E-state index contributed by atoms with van der Waals surface area (Å²) < 4.78 is 5.29. The van der Waals surface area contributed by atoms with E-state index in [9.17, 15) is 5.11 Å². The summed E-state index contributed by atoms with van der Waals surface area (Å²) >= 11 is 13.1. The summed E-state index contributed by atoms with van der Waals surface area (Å²) in [4.78, 5) is 3.32. The smallest absolute Gasteiger partial charge is 0.126 e. The van der Waals surface area contributed by atoms with Gasteiger partial charge >= 0.3 is 0 Å². The van der Waals surface area contributed by atoms with Gasteiger partial charge in [-0.05, 0) is 78.7 Å². The van der Waals surface area contributed by atoms with Crippen LogP contribution in [0.1, 0.15) is 22.7 Å². The van der Waals surface area contributed by atoms with Gasteiger partial charge < -0.3 is 15.4 Å². The van der Waals surface area contributed by atoms with E-state index in [1.807, 2.05) is 6.20 Å². The Morgan fingerprint density at radius 2 is 2.00 bits per heavy atom. The van der Waals surface area contributed by atoms with Gasteiger partial charge in [-0.15, -0.1) is 0 Å². The van der Waals surface area contributed by atoms with E-state index >= 15 is 0 Å². The average Bonchev–Trinajstić information content (AvgIpc) is 3.30. The molecule has 8 heteroatoms. The molecule has 0 radical (unpaired) electrons.